The number of halogens is 1. The fourth-order valence-corrected chi connectivity index (χ4v) is 2.57. The average Bonchev–Trinajstić information content (AvgIpc) is 2.76. The van der Waals surface area contributed by atoms with E-state index in [1.54, 1.807) is 24.2 Å². The van der Waals surface area contributed by atoms with Crippen molar-refractivity contribution in [2.75, 3.05) is 11.9 Å². The van der Waals surface area contributed by atoms with E-state index in [1.807, 2.05) is 13.0 Å². The molecule has 0 unspecified atom stereocenters. The van der Waals surface area contributed by atoms with Crippen LogP contribution in [0.3, 0.4) is 0 Å². The van der Waals surface area contributed by atoms with Crippen molar-refractivity contribution in [1.29, 1.82) is 0 Å². The Morgan fingerprint density at radius 3 is 3.00 bits per heavy atom. The van der Waals surface area contributed by atoms with Gasteiger partial charge in [-0.2, -0.15) is 0 Å². The topological polar surface area (TPSA) is 51.0 Å². The summed E-state index contributed by atoms with van der Waals surface area (Å²) in [6, 6.07) is 1.94. The van der Waals surface area contributed by atoms with Gasteiger partial charge in [0.15, 0.2) is 0 Å². The van der Waals surface area contributed by atoms with Gasteiger partial charge < -0.3 is 9.73 Å². The molecule has 0 aliphatic heterocycles. The number of furan rings is 1. The Morgan fingerprint density at radius 1 is 1.50 bits per heavy atom. The highest BCUT2D eigenvalue weighted by molar-refractivity contribution is 9.10. The van der Waals surface area contributed by atoms with Gasteiger partial charge in [0.1, 0.15) is 10.8 Å². The third-order valence-electron chi connectivity index (χ3n) is 2.26. The van der Waals surface area contributed by atoms with E-state index in [-0.39, 0.29) is 0 Å². The molecule has 18 heavy (non-hydrogen) atoms. The molecule has 0 fully saturated rings. The number of hydrogen-bond donors (Lipinski definition) is 1. The van der Waals surface area contributed by atoms with Gasteiger partial charge in [-0.3, -0.25) is 0 Å². The molecular weight excluding hydrogens is 314 g/mol. The van der Waals surface area contributed by atoms with Crippen molar-refractivity contribution in [1.82, 2.24) is 9.97 Å². The van der Waals surface area contributed by atoms with Crippen molar-refractivity contribution in [2.24, 2.45) is 0 Å². The normalized spacial score (nSPS) is 10.6. The van der Waals surface area contributed by atoms with Crippen LogP contribution in [0.4, 0.5) is 5.95 Å². The molecule has 96 valence electrons. The maximum atomic E-state index is 5.28. The number of aromatic nitrogens is 2. The zero-order valence-electron chi connectivity index (χ0n) is 10.2. The minimum atomic E-state index is 0.656. The van der Waals surface area contributed by atoms with Gasteiger partial charge in [0.05, 0.1) is 15.6 Å². The van der Waals surface area contributed by atoms with E-state index in [0.717, 1.165) is 33.1 Å². The molecule has 2 aromatic heterocycles. The van der Waals surface area contributed by atoms with Crippen LogP contribution in [-0.2, 0) is 0 Å². The predicted molar refractivity (Wildman–Crippen MR) is 76.1 cm³/mol. The van der Waals surface area contributed by atoms with Crippen molar-refractivity contribution in [3.05, 3.63) is 28.8 Å². The maximum absolute atomic E-state index is 5.28. The Kier molecular flexibility index (Phi) is 4.66. The highest BCUT2D eigenvalue weighted by atomic mass is 79.9. The third-order valence-corrected chi connectivity index (χ3v) is 4.25. The summed E-state index contributed by atoms with van der Waals surface area (Å²) in [5.74, 6) is 1.55. The van der Waals surface area contributed by atoms with Crippen LogP contribution in [0.1, 0.15) is 19.1 Å². The van der Waals surface area contributed by atoms with Gasteiger partial charge in [-0.1, -0.05) is 18.7 Å². The molecule has 0 amide bonds. The molecule has 2 rings (SSSR count). The van der Waals surface area contributed by atoms with Gasteiger partial charge in [0.25, 0.3) is 0 Å². The average molecular weight is 328 g/mol. The first-order valence-corrected chi connectivity index (χ1v) is 7.30. The van der Waals surface area contributed by atoms with E-state index in [0.29, 0.717) is 5.95 Å². The summed E-state index contributed by atoms with van der Waals surface area (Å²) in [5.41, 5.74) is 0. The van der Waals surface area contributed by atoms with E-state index in [2.05, 4.69) is 38.1 Å². The smallest absolute Gasteiger partial charge is 0.223 e. The number of aryl methyl sites for hydroxylation is 1. The lowest BCUT2D eigenvalue weighted by Crippen LogP contribution is -2.04. The fourth-order valence-electron chi connectivity index (χ4n) is 1.33. The summed E-state index contributed by atoms with van der Waals surface area (Å²) in [4.78, 5) is 9.77. The standard InChI is InChI=1S/C12H14BrN3OS/c1-3-5-14-12-15-7-9(13)11(16-12)18-10-4-6-17-8(10)2/h4,6-7H,3,5H2,1-2H3,(H,14,15,16). The fraction of sp³-hybridized carbons (Fsp3) is 0.333. The molecule has 0 radical (unpaired) electrons. The van der Waals surface area contributed by atoms with Gasteiger partial charge in [-0.15, -0.1) is 0 Å². The molecule has 4 nitrogen and oxygen atoms in total. The lowest BCUT2D eigenvalue weighted by atomic mass is 10.5. The zero-order valence-corrected chi connectivity index (χ0v) is 12.6. The van der Waals surface area contributed by atoms with Crippen LogP contribution in [0.2, 0.25) is 0 Å². The second-order valence-electron chi connectivity index (χ2n) is 3.72. The Hall–Kier alpha value is -1.01. The lowest BCUT2D eigenvalue weighted by Gasteiger charge is -2.06. The monoisotopic (exact) mass is 327 g/mol. The molecule has 0 aliphatic carbocycles. The van der Waals surface area contributed by atoms with E-state index < -0.39 is 0 Å². The summed E-state index contributed by atoms with van der Waals surface area (Å²) >= 11 is 5.03. The summed E-state index contributed by atoms with van der Waals surface area (Å²) in [5, 5.41) is 4.06. The van der Waals surface area contributed by atoms with Crippen LogP contribution in [-0.4, -0.2) is 16.5 Å². The molecule has 0 saturated heterocycles. The number of nitrogens with one attached hydrogen (secondary N) is 1. The molecule has 0 bridgehead atoms. The van der Waals surface area contributed by atoms with Gasteiger partial charge in [0.2, 0.25) is 5.95 Å². The van der Waals surface area contributed by atoms with E-state index in [9.17, 15) is 0 Å². The first-order valence-electron chi connectivity index (χ1n) is 5.69. The summed E-state index contributed by atoms with van der Waals surface area (Å²) in [7, 11) is 0. The van der Waals surface area contributed by atoms with E-state index in [1.165, 1.54) is 0 Å². The number of hydrogen-bond acceptors (Lipinski definition) is 5. The second-order valence-corrected chi connectivity index (χ2v) is 5.60. The SMILES string of the molecule is CCCNc1ncc(Br)c(Sc2ccoc2C)n1. The Morgan fingerprint density at radius 2 is 2.33 bits per heavy atom. The highest BCUT2D eigenvalue weighted by Gasteiger charge is 2.10. The summed E-state index contributed by atoms with van der Waals surface area (Å²) in [6.45, 7) is 4.92. The summed E-state index contributed by atoms with van der Waals surface area (Å²) in [6.07, 6.45) is 4.49. The van der Waals surface area contributed by atoms with E-state index in [4.69, 9.17) is 4.42 Å². The van der Waals surface area contributed by atoms with E-state index >= 15 is 0 Å². The van der Waals surface area contributed by atoms with Crippen molar-refractivity contribution >= 4 is 33.6 Å². The van der Waals surface area contributed by atoms with Crippen molar-refractivity contribution < 1.29 is 4.42 Å². The second kappa shape index (κ2) is 6.24. The van der Waals surface area contributed by atoms with Gasteiger partial charge in [-0.05, 0) is 35.3 Å². The van der Waals surface area contributed by atoms with Crippen LogP contribution < -0.4 is 5.32 Å². The molecule has 2 heterocycles. The molecule has 0 aliphatic rings. The summed E-state index contributed by atoms with van der Waals surface area (Å²) < 4.78 is 6.16. The quantitative estimate of drug-likeness (QED) is 0.837. The number of anilines is 1. The van der Waals surface area contributed by atoms with Crippen molar-refractivity contribution in [2.45, 2.75) is 30.2 Å². The zero-order chi connectivity index (χ0) is 13.0. The molecule has 0 aromatic carbocycles. The Labute approximate surface area is 119 Å². The van der Waals surface area contributed by atoms with Crippen molar-refractivity contribution in [3.63, 3.8) is 0 Å². The highest BCUT2D eigenvalue weighted by Crippen LogP contribution is 2.34. The minimum absolute atomic E-state index is 0.656. The van der Waals surface area contributed by atoms with Crippen LogP contribution >= 0.6 is 27.7 Å². The van der Waals surface area contributed by atoms with Crippen LogP contribution in [0.5, 0.6) is 0 Å². The Balaban J connectivity index is 2.18. The third kappa shape index (κ3) is 3.26. The largest absolute Gasteiger partial charge is 0.468 e. The van der Waals surface area contributed by atoms with Crippen LogP contribution in [0, 0.1) is 6.92 Å². The predicted octanol–water partition coefficient (Wildman–Crippen LogP) is 4.11. The molecule has 1 N–H and O–H groups in total. The lowest BCUT2D eigenvalue weighted by molar-refractivity contribution is 0.527. The van der Waals surface area contributed by atoms with Gasteiger partial charge in [-0.25, -0.2) is 9.97 Å². The first kappa shape index (κ1) is 13.4. The first-order chi connectivity index (χ1) is 8.70. The molecule has 6 heteroatoms. The molecular formula is C12H14BrN3OS. The molecule has 2 aromatic rings. The molecule has 0 atom stereocenters. The number of rotatable bonds is 5. The maximum Gasteiger partial charge on any atom is 0.223 e. The number of nitrogens with zero attached hydrogens (tertiary/aromatic N) is 2. The van der Waals surface area contributed by atoms with Gasteiger partial charge >= 0.3 is 0 Å². The Bertz CT molecular complexity index is 530. The minimum Gasteiger partial charge on any atom is -0.468 e. The van der Waals surface area contributed by atoms with Crippen LogP contribution in [0.15, 0.2) is 37.3 Å². The molecule has 0 saturated carbocycles. The van der Waals surface area contributed by atoms with Crippen LogP contribution in [0.25, 0.3) is 0 Å². The van der Waals surface area contributed by atoms with Crippen molar-refractivity contribution in [3.8, 4) is 0 Å². The van der Waals surface area contributed by atoms with Gasteiger partial charge in [0, 0.05) is 12.7 Å². The molecule has 0 spiro atoms.